The van der Waals surface area contributed by atoms with Crippen LogP contribution in [0.5, 0.6) is 0 Å². The van der Waals surface area contributed by atoms with Gasteiger partial charge in [0.25, 0.3) is 0 Å². The SMILES string of the molecule is Cc1nn(CC(=O)Nc2cccc(Cl)c2Cl)c2nc(C3CC3)cc(C(F)(F)F)c12. The van der Waals surface area contributed by atoms with Gasteiger partial charge in [0.15, 0.2) is 5.65 Å². The van der Waals surface area contributed by atoms with Gasteiger partial charge in [0.05, 0.1) is 32.4 Å². The van der Waals surface area contributed by atoms with E-state index in [1.54, 1.807) is 18.2 Å². The molecule has 2 heterocycles. The van der Waals surface area contributed by atoms with Crippen LogP contribution >= 0.6 is 23.2 Å². The molecular weight excluding hydrogens is 428 g/mol. The number of halogens is 5. The van der Waals surface area contributed by atoms with E-state index in [0.29, 0.717) is 11.4 Å². The van der Waals surface area contributed by atoms with Crippen molar-refractivity contribution in [1.29, 1.82) is 0 Å². The highest BCUT2D eigenvalue weighted by Crippen LogP contribution is 2.43. The van der Waals surface area contributed by atoms with Crippen molar-refractivity contribution in [3.8, 4) is 0 Å². The average Bonchev–Trinajstić information content (AvgIpc) is 3.44. The molecule has 4 rings (SSSR count). The largest absolute Gasteiger partial charge is 0.417 e. The van der Waals surface area contributed by atoms with Crippen molar-refractivity contribution in [3.63, 3.8) is 0 Å². The Bertz CT molecular complexity index is 1120. The summed E-state index contributed by atoms with van der Waals surface area (Å²) in [7, 11) is 0. The van der Waals surface area contributed by atoms with Gasteiger partial charge in [-0.15, -0.1) is 0 Å². The lowest BCUT2D eigenvalue weighted by atomic mass is 10.1. The minimum atomic E-state index is -4.54. The van der Waals surface area contributed by atoms with Gasteiger partial charge in [0, 0.05) is 11.6 Å². The number of aromatic nitrogens is 3. The summed E-state index contributed by atoms with van der Waals surface area (Å²) >= 11 is 12.0. The van der Waals surface area contributed by atoms with E-state index >= 15 is 0 Å². The summed E-state index contributed by atoms with van der Waals surface area (Å²) < 4.78 is 42.1. The number of amides is 1. The minimum absolute atomic E-state index is 0.0169. The van der Waals surface area contributed by atoms with E-state index in [-0.39, 0.29) is 39.2 Å². The fourth-order valence-corrected chi connectivity index (χ4v) is 3.57. The van der Waals surface area contributed by atoms with E-state index in [0.717, 1.165) is 18.9 Å². The Hall–Kier alpha value is -2.32. The van der Waals surface area contributed by atoms with E-state index in [4.69, 9.17) is 23.2 Å². The number of carbonyl (C=O) groups is 1. The van der Waals surface area contributed by atoms with Crippen LogP contribution < -0.4 is 5.32 Å². The van der Waals surface area contributed by atoms with Gasteiger partial charge in [-0.05, 0) is 38.0 Å². The standard InChI is InChI=1S/C19H15Cl2F3N4O/c1-9-16-11(19(22,23)24)7-14(10-5-6-10)26-18(16)28(27-9)8-15(29)25-13-4-2-3-12(20)17(13)21/h2-4,7,10H,5-6,8H2,1H3,(H,25,29). The van der Waals surface area contributed by atoms with Gasteiger partial charge in [0.1, 0.15) is 6.54 Å². The summed E-state index contributed by atoms with van der Waals surface area (Å²) in [6.07, 6.45) is -2.94. The molecule has 1 aromatic carbocycles. The van der Waals surface area contributed by atoms with Gasteiger partial charge < -0.3 is 5.32 Å². The third-order valence-corrected chi connectivity index (χ3v) is 5.54. The van der Waals surface area contributed by atoms with Crippen LogP contribution in [0.4, 0.5) is 18.9 Å². The highest BCUT2D eigenvalue weighted by atomic mass is 35.5. The molecule has 29 heavy (non-hydrogen) atoms. The number of alkyl halides is 3. The van der Waals surface area contributed by atoms with E-state index in [2.05, 4.69) is 15.4 Å². The molecule has 5 nitrogen and oxygen atoms in total. The van der Waals surface area contributed by atoms with Crippen LogP contribution in [0.1, 0.15) is 35.7 Å². The van der Waals surface area contributed by atoms with Crippen molar-refractivity contribution in [3.05, 3.63) is 51.3 Å². The van der Waals surface area contributed by atoms with Crippen molar-refractivity contribution in [2.24, 2.45) is 0 Å². The predicted octanol–water partition coefficient (Wildman–Crippen LogP) is 5.58. The van der Waals surface area contributed by atoms with Crippen LogP contribution in [0.15, 0.2) is 24.3 Å². The normalized spacial score (nSPS) is 14.4. The number of nitrogens with one attached hydrogen (secondary N) is 1. The van der Waals surface area contributed by atoms with Crippen LogP contribution in [0.2, 0.25) is 10.0 Å². The van der Waals surface area contributed by atoms with Gasteiger partial charge in [-0.2, -0.15) is 18.3 Å². The Kier molecular flexibility index (Phi) is 4.94. The lowest BCUT2D eigenvalue weighted by Crippen LogP contribution is -2.20. The maximum atomic E-state index is 13.6. The third kappa shape index (κ3) is 3.91. The fraction of sp³-hybridized carbons (Fsp3) is 0.316. The molecule has 1 saturated carbocycles. The molecule has 0 unspecified atom stereocenters. The summed E-state index contributed by atoms with van der Waals surface area (Å²) in [6, 6.07) is 5.87. The first-order chi connectivity index (χ1) is 13.6. The quantitative estimate of drug-likeness (QED) is 0.573. The number of hydrogen-bond donors (Lipinski definition) is 1. The molecule has 2 aromatic heterocycles. The number of fused-ring (bicyclic) bond motifs is 1. The molecule has 1 amide bonds. The van der Waals surface area contributed by atoms with Crippen LogP contribution in [-0.2, 0) is 17.5 Å². The topological polar surface area (TPSA) is 59.8 Å². The van der Waals surface area contributed by atoms with Crippen LogP contribution in [0, 0.1) is 6.92 Å². The zero-order chi connectivity index (χ0) is 20.9. The maximum absolute atomic E-state index is 13.6. The second-order valence-electron chi connectivity index (χ2n) is 6.96. The summed E-state index contributed by atoms with van der Waals surface area (Å²) in [5.41, 5.74) is 0.123. The van der Waals surface area contributed by atoms with Crippen molar-refractivity contribution in [1.82, 2.24) is 14.8 Å². The van der Waals surface area contributed by atoms with E-state index in [1.807, 2.05) is 0 Å². The second-order valence-corrected chi connectivity index (χ2v) is 7.74. The molecule has 0 spiro atoms. The average molecular weight is 443 g/mol. The first-order valence-electron chi connectivity index (χ1n) is 8.84. The molecule has 1 aliphatic rings. The summed E-state index contributed by atoms with van der Waals surface area (Å²) in [4.78, 5) is 16.9. The molecular formula is C19H15Cl2F3N4O. The number of nitrogens with zero attached hydrogens (tertiary/aromatic N) is 3. The minimum Gasteiger partial charge on any atom is -0.323 e. The Labute approximate surface area is 173 Å². The smallest absolute Gasteiger partial charge is 0.323 e. The summed E-state index contributed by atoms with van der Waals surface area (Å²) in [5.74, 6) is -0.492. The summed E-state index contributed by atoms with van der Waals surface area (Å²) in [5, 5.41) is 7.11. The Balaban J connectivity index is 1.71. The van der Waals surface area contributed by atoms with Crippen molar-refractivity contribution in [2.75, 3.05) is 5.32 Å². The molecule has 0 saturated heterocycles. The lowest BCUT2D eigenvalue weighted by Gasteiger charge is -2.11. The van der Waals surface area contributed by atoms with E-state index in [9.17, 15) is 18.0 Å². The molecule has 10 heteroatoms. The molecule has 0 radical (unpaired) electrons. The number of rotatable bonds is 4. The van der Waals surface area contributed by atoms with Crippen LogP contribution in [0.3, 0.4) is 0 Å². The Morgan fingerprint density at radius 3 is 2.69 bits per heavy atom. The number of hydrogen-bond acceptors (Lipinski definition) is 3. The molecule has 0 bridgehead atoms. The molecule has 1 N–H and O–H groups in total. The van der Waals surface area contributed by atoms with Gasteiger partial charge in [-0.25, -0.2) is 9.67 Å². The van der Waals surface area contributed by atoms with Crippen molar-refractivity contribution < 1.29 is 18.0 Å². The maximum Gasteiger partial charge on any atom is 0.417 e. The zero-order valence-corrected chi connectivity index (χ0v) is 16.7. The number of aryl methyl sites for hydroxylation is 1. The molecule has 0 aliphatic heterocycles. The van der Waals surface area contributed by atoms with Crippen LogP contribution in [0.25, 0.3) is 11.0 Å². The predicted molar refractivity (Wildman–Crippen MR) is 104 cm³/mol. The first kappa shape index (κ1) is 20.0. The number of anilines is 1. The molecule has 0 atom stereocenters. The molecule has 1 fully saturated rings. The Morgan fingerprint density at radius 1 is 1.31 bits per heavy atom. The lowest BCUT2D eigenvalue weighted by molar-refractivity contribution is -0.136. The van der Waals surface area contributed by atoms with Gasteiger partial charge in [-0.3, -0.25) is 4.79 Å². The monoisotopic (exact) mass is 442 g/mol. The third-order valence-electron chi connectivity index (χ3n) is 4.72. The zero-order valence-electron chi connectivity index (χ0n) is 15.1. The van der Waals surface area contributed by atoms with Crippen molar-refractivity contribution >= 4 is 45.8 Å². The van der Waals surface area contributed by atoms with Gasteiger partial charge in [0.2, 0.25) is 5.91 Å². The first-order valence-corrected chi connectivity index (χ1v) is 9.60. The van der Waals surface area contributed by atoms with Crippen LogP contribution in [-0.4, -0.2) is 20.7 Å². The summed E-state index contributed by atoms with van der Waals surface area (Å²) in [6.45, 7) is 1.16. The number of benzene rings is 1. The van der Waals surface area contributed by atoms with Gasteiger partial charge >= 0.3 is 6.18 Å². The van der Waals surface area contributed by atoms with E-state index in [1.165, 1.54) is 11.6 Å². The van der Waals surface area contributed by atoms with Gasteiger partial charge in [-0.1, -0.05) is 29.3 Å². The molecule has 3 aromatic rings. The molecule has 1 aliphatic carbocycles. The number of pyridine rings is 1. The number of carbonyl (C=O) groups excluding carboxylic acids is 1. The Morgan fingerprint density at radius 2 is 2.03 bits per heavy atom. The second kappa shape index (κ2) is 7.18. The molecule has 152 valence electrons. The van der Waals surface area contributed by atoms with Crippen molar-refractivity contribution in [2.45, 2.75) is 38.4 Å². The van der Waals surface area contributed by atoms with E-state index < -0.39 is 17.6 Å². The fourth-order valence-electron chi connectivity index (χ4n) is 3.22. The highest BCUT2D eigenvalue weighted by molar-refractivity contribution is 6.43. The highest BCUT2D eigenvalue weighted by Gasteiger charge is 2.37.